The molecule has 2 aliphatic rings. The number of nitrogens with one attached hydrogen (secondary N) is 1. The quantitative estimate of drug-likeness (QED) is 0.595. The molecule has 32 heavy (non-hydrogen) atoms. The highest BCUT2D eigenvalue weighted by Crippen LogP contribution is 2.45. The molecule has 1 fully saturated rings. The number of methoxy groups -OCH3 is 3. The maximum absolute atomic E-state index is 13.1. The van der Waals surface area contributed by atoms with E-state index in [4.69, 9.17) is 18.9 Å². The molecule has 0 aromatic heterocycles. The van der Waals surface area contributed by atoms with E-state index in [2.05, 4.69) is 5.32 Å². The Morgan fingerprint density at radius 3 is 2.50 bits per heavy atom. The summed E-state index contributed by atoms with van der Waals surface area (Å²) in [7, 11) is 4.10. The maximum Gasteiger partial charge on any atom is 0.344 e. The van der Waals surface area contributed by atoms with Crippen LogP contribution in [0.5, 0.6) is 11.5 Å². The highest BCUT2D eigenvalue weighted by Gasteiger charge is 2.48. The van der Waals surface area contributed by atoms with Crippen molar-refractivity contribution >= 4 is 23.8 Å². The van der Waals surface area contributed by atoms with Gasteiger partial charge in [0.05, 0.1) is 21.3 Å². The van der Waals surface area contributed by atoms with Crippen LogP contribution >= 0.6 is 0 Å². The zero-order valence-corrected chi connectivity index (χ0v) is 18.8. The third-order valence-corrected chi connectivity index (χ3v) is 5.59. The van der Waals surface area contributed by atoms with E-state index < -0.39 is 36.2 Å². The molecule has 2 aliphatic heterocycles. The number of likely N-dealkylation sites (tertiary alicyclic amines) is 1. The highest BCUT2D eigenvalue weighted by molar-refractivity contribution is 5.99. The fourth-order valence-electron chi connectivity index (χ4n) is 4.14. The van der Waals surface area contributed by atoms with Gasteiger partial charge in [0.1, 0.15) is 17.6 Å². The number of cyclic esters (lactones) is 1. The van der Waals surface area contributed by atoms with Gasteiger partial charge in [-0.2, -0.15) is 0 Å². The Kier molecular flexibility index (Phi) is 6.90. The zero-order chi connectivity index (χ0) is 23.6. The van der Waals surface area contributed by atoms with Crippen LogP contribution in [0.2, 0.25) is 0 Å². The lowest BCUT2D eigenvalue weighted by molar-refractivity contribution is -0.149. The maximum atomic E-state index is 13.1. The second-order valence-electron chi connectivity index (χ2n) is 8.09. The topological polar surface area (TPSA) is 120 Å². The molecular formula is C22H28N2O8. The second-order valence-corrected chi connectivity index (χ2v) is 8.09. The minimum absolute atomic E-state index is 0.113. The zero-order valence-electron chi connectivity index (χ0n) is 18.8. The van der Waals surface area contributed by atoms with Gasteiger partial charge in [-0.25, -0.2) is 9.59 Å². The SMILES string of the molecule is COC(=O)[C@@H](CC(C)C)NC(=O)[C@H]1CCC(=O)N1[C@@H]1OC(=O)c2c1ccc(OC)c2OC. The summed E-state index contributed by atoms with van der Waals surface area (Å²) in [6.07, 6.45) is -0.347. The fraction of sp³-hybridized carbons (Fsp3) is 0.545. The summed E-state index contributed by atoms with van der Waals surface area (Å²) in [5, 5.41) is 2.70. The van der Waals surface area contributed by atoms with Gasteiger partial charge in [-0.1, -0.05) is 13.8 Å². The smallest absolute Gasteiger partial charge is 0.344 e. The van der Waals surface area contributed by atoms with Gasteiger partial charge < -0.3 is 24.3 Å². The number of fused-ring (bicyclic) bond motifs is 1. The summed E-state index contributed by atoms with van der Waals surface area (Å²) in [6, 6.07) is 1.48. The molecule has 0 saturated carbocycles. The molecule has 0 radical (unpaired) electrons. The van der Waals surface area contributed by atoms with E-state index in [1.807, 2.05) is 13.8 Å². The van der Waals surface area contributed by atoms with Gasteiger partial charge >= 0.3 is 11.9 Å². The van der Waals surface area contributed by atoms with Gasteiger partial charge in [-0.05, 0) is 30.9 Å². The molecule has 1 N–H and O–H groups in total. The summed E-state index contributed by atoms with van der Waals surface area (Å²) in [6.45, 7) is 3.84. The first-order valence-corrected chi connectivity index (χ1v) is 10.4. The standard InChI is InChI=1S/C22H28N2O8/c1-11(2)10-13(21(27)31-5)23-19(26)14-7-9-16(25)24(14)20-12-6-8-15(29-3)18(30-4)17(12)22(28)32-20/h6,8,11,13-14,20H,7,9-10H2,1-5H3,(H,23,26)/t13-,14-,20-/m1/s1. The molecule has 0 bridgehead atoms. The van der Waals surface area contributed by atoms with Crippen LogP contribution in [0.15, 0.2) is 12.1 Å². The number of amides is 2. The van der Waals surface area contributed by atoms with Gasteiger partial charge in [-0.3, -0.25) is 14.5 Å². The Morgan fingerprint density at radius 1 is 1.19 bits per heavy atom. The predicted molar refractivity (Wildman–Crippen MR) is 111 cm³/mol. The molecular weight excluding hydrogens is 420 g/mol. The number of rotatable bonds is 8. The first-order valence-electron chi connectivity index (χ1n) is 10.4. The molecule has 0 unspecified atom stereocenters. The van der Waals surface area contributed by atoms with E-state index in [0.717, 1.165) is 0 Å². The van der Waals surface area contributed by atoms with Gasteiger partial charge in [0.2, 0.25) is 18.0 Å². The summed E-state index contributed by atoms with van der Waals surface area (Å²) in [4.78, 5) is 51.8. The Bertz CT molecular complexity index is 929. The predicted octanol–water partition coefficient (Wildman–Crippen LogP) is 1.57. The first-order chi connectivity index (χ1) is 15.2. The Labute approximate surface area is 186 Å². The molecule has 10 nitrogen and oxygen atoms in total. The van der Waals surface area contributed by atoms with Gasteiger partial charge in [-0.15, -0.1) is 0 Å². The van der Waals surface area contributed by atoms with Crippen LogP contribution in [-0.2, 0) is 23.9 Å². The highest BCUT2D eigenvalue weighted by atomic mass is 16.6. The lowest BCUT2D eigenvalue weighted by atomic mass is 10.0. The van der Waals surface area contributed by atoms with Crippen molar-refractivity contribution in [2.45, 2.75) is 51.4 Å². The van der Waals surface area contributed by atoms with Crippen LogP contribution in [0.1, 0.15) is 55.3 Å². The number of carbonyl (C=O) groups is 4. The molecule has 1 aromatic rings. The average Bonchev–Trinajstić information content (AvgIpc) is 3.31. The van der Waals surface area contributed by atoms with E-state index in [1.165, 1.54) is 26.2 Å². The van der Waals surface area contributed by atoms with Crippen LogP contribution in [0.4, 0.5) is 0 Å². The number of esters is 2. The van der Waals surface area contributed by atoms with Crippen molar-refractivity contribution in [1.29, 1.82) is 0 Å². The van der Waals surface area contributed by atoms with Crippen LogP contribution in [0.25, 0.3) is 0 Å². The van der Waals surface area contributed by atoms with Gasteiger partial charge in [0, 0.05) is 12.0 Å². The van der Waals surface area contributed by atoms with E-state index in [9.17, 15) is 19.2 Å². The second kappa shape index (κ2) is 9.46. The van der Waals surface area contributed by atoms with Crippen molar-refractivity contribution in [3.05, 3.63) is 23.3 Å². The van der Waals surface area contributed by atoms with Gasteiger partial charge in [0.15, 0.2) is 11.5 Å². The van der Waals surface area contributed by atoms with Crippen LogP contribution in [0.3, 0.4) is 0 Å². The number of carbonyl (C=O) groups excluding carboxylic acids is 4. The minimum Gasteiger partial charge on any atom is -0.493 e. The van der Waals surface area contributed by atoms with E-state index in [-0.39, 0.29) is 36.0 Å². The molecule has 0 aliphatic carbocycles. The fourth-order valence-corrected chi connectivity index (χ4v) is 4.14. The number of nitrogens with zero attached hydrogens (tertiary/aromatic N) is 1. The molecule has 0 spiro atoms. The van der Waals surface area contributed by atoms with Crippen LogP contribution < -0.4 is 14.8 Å². The summed E-state index contributed by atoms with van der Waals surface area (Å²) in [5.74, 6) is -1.38. The first kappa shape index (κ1) is 23.4. The lowest BCUT2D eigenvalue weighted by Crippen LogP contribution is -2.51. The van der Waals surface area contributed by atoms with Crippen molar-refractivity contribution in [1.82, 2.24) is 10.2 Å². The van der Waals surface area contributed by atoms with E-state index in [0.29, 0.717) is 17.7 Å². The monoisotopic (exact) mass is 448 g/mol. The van der Waals surface area contributed by atoms with Gasteiger partial charge in [0.25, 0.3) is 0 Å². The average molecular weight is 448 g/mol. The summed E-state index contributed by atoms with van der Waals surface area (Å²) < 4.78 is 20.9. The van der Waals surface area contributed by atoms with Crippen molar-refractivity contribution in [3.63, 3.8) is 0 Å². The molecule has 10 heteroatoms. The molecule has 3 atom stereocenters. The molecule has 3 rings (SSSR count). The van der Waals surface area contributed by atoms with Crippen molar-refractivity contribution < 1.29 is 38.1 Å². The third kappa shape index (κ3) is 4.21. The number of benzene rings is 1. The lowest BCUT2D eigenvalue weighted by Gasteiger charge is -2.30. The Hall–Kier alpha value is -3.30. The Morgan fingerprint density at radius 2 is 1.91 bits per heavy atom. The largest absolute Gasteiger partial charge is 0.493 e. The normalized spacial score (nSPS) is 20.6. The molecule has 174 valence electrons. The molecule has 2 heterocycles. The Balaban J connectivity index is 1.90. The summed E-state index contributed by atoms with van der Waals surface area (Å²) in [5.41, 5.74) is 0.565. The molecule has 1 saturated heterocycles. The molecule has 2 amide bonds. The number of hydrogen-bond acceptors (Lipinski definition) is 8. The van der Waals surface area contributed by atoms with Crippen LogP contribution in [0, 0.1) is 5.92 Å². The minimum atomic E-state index is -1.08. The summed E-state index contributed by atoms with van der Waals surface area (Å²) >= 11 is 0. The van der Waals surface area contributed by atoms with E-state index in [1.54, 1.807) is 12.1 Å². The number of hydrogen-bond donors (Lipinski definition) is 1. The van der Waals surface area contributed by atoms with E-state index >= 15 is 0 Å². The third-order valence-electron chi connectivity index (χ3n) is 5.59. The van der Waals surface area contributed by atoms with Crippen molar-refractivity contribution in [2.24, 2.45) is 5.92 Å². The number of ether oxygens (including phenoxy) is 4. The van der Waals surface area contributed by atoms with Crippen molar-refractivity contribution in [2.75, 3.05) is 21.3 Å². The van der Waals surface area contributed by atoms with Crippen molar-refractivity contribution in [3.8, 4) is 11.5 Å². The molecule has 1 aromatic carbocycles. The van der Waals surface area contributed by atoms with Crippen LogP contribution in [-0.4, -0.2) is 62.1 Å².